The zero-order valence-corrected chi connectivity index (χ0v) is 19.2. The number of benzene rings is 3. The van der Waals surface area contributed by atoms with E-state index in [1.807, 2.05) is 18.2 Å². The molecule has 3 aromatic carbocycles. The van der Waals surface area contributed by atoms with Crippen molar-refractivity contribution in [3.8, 4) is 0 Å². The Hall–Kier alpha value is -3.05. The van der Waals surface area contributed by atoms with Crippen molar-refractivity contribution in [2.24, 2.45) is 4.99 Å². The Morgan fingerprint density at radius 2 is 1.74 bits per heavy atom. The largest absolute Gasteiger partial charge is 0.352 e. The summed E-state index contributed by atoms with van der Waals surface area (Å²) in [5.41, 5.74) is 4.21. The van der Waals surface area contributed by atoms with Gasteiger partial charge in [0.25, 0.3) is 5.91 Å². The molecular weight excluding hydrogens is 403 g/mol. The molecule has 0 saturated heterocycles. The molecular formula is C26H27FN2OSi. The number of halogens is 1. The van der Waals surface area contributed by atoms with Crippen molar-refractivity contribution in [1.29, 1.82) is 0 Å². The van der Waals surface area contributed by atoms with Crippen molar-refractivity contribution in [2.45, 2.75) is 32.9 Å². The van der Waals surface area contributed by atoms with Crippen molar-refractivity contribution in [3.63, 3.8) is 0 Å². The Kier molecular flexibility index (Phi) is 5.87. The second kappa shape index (κ2) is 8.59. The minimum atomic E-state index is -2.08. The van der Waals surface area contributed by atoms with E-state index in [2.05, 4.69) is 49.6 Å². The van der Waals surface area contributed by atoms with Gasteiger partial charge in [-0.3, -0.25) is 4.79 Å². The Bertz CT molecular complexity index is 1150. The number of hydrogen-bond acceptors (Lipinski definition) is 2. The van der Waals surface area contributed by atoms with Crippen LogP contribution in [-0.2, 0) is 0 Å². The van der Waals surface area contributed by atoms with Crippen molar-refractivity contribution >= 4 is 35.8 Å². The van der Waals surface area contributed by atoms with E-state index in [1.54, 1.807) is 12.1 Å². The van der Waals surface area contributed by atoms with Gasteiger partial charge in [-0.1, -0.05) is 56.8 Å². The minimum Gasteiger partial charge on any atom is -0.352 e. The standard InChI is InChI=1S/C26H27FN2OSi/c1-4-5-16-28-26(30)19-12-15-24-22(17-19)29-25(18-10-13-20(27)14-11-18)21-8-6-7-9-23(21)31(24,2)3/h6-15,17H,4-5,16H2,1-3H3,(H,28,30). The third-order valence-electron chi connectivity index (χ3n) is 5.95. The maximum atomic E-state index is 13.6. The van der Waals surface area contributed by atoms with Gasteiger partial charge in [0, 0.05) is 23.2 Å². The fourth-order valence-corrected chi connectivity index (χ4v) is 7.11. The molecule has 3 nitrogen and oxygen atoms in total. The molecule has 1 heterocycles. The number of nitrogens with one attached hydrogen (secondary N) is 1. The summed E-state index contributed by atoms with van der Waals surface area (Å²) < 4.78 is 13.6. The molecule has 31 heavy (non-hydrogen) atoms. The maximum absolute atomic E-state index is 13.6. The lowest BCUT2D eigenvalue weighted by Crippen LogP contribution is -2.54. The summed E-state index contributed by atoms with van der Waals surface area (Å²) in [6.07, 6.45) is 1.99. The molecule has 0 unspecified atom stereocenters. The van der Waals surface area contributed by atoms with Crippen LogP contribution in [0.4, 0.5) is 10.1 Å². The van der Waals surface area contributed by atoms with Crippen LogP contribution >= 0.6 is 0 Å². The molecule has 1 amide bonds. The molecule has 0 fully saturated rings. The van der Waals surface area contributed by atoms with E-state index in [0.29, 0.717) is 12.1 Å². The Morgan fingerprint density at radius 3 is 2.48 bits per heavy atom. The van der Waals surface area contributed by atoms with Gasteiger partial charge >= 0.3 is 0 Å². The summed E-state index contributed by atoms with van der Waals surface area (Å²) in [7, 11) is -2.08. The van der Waals surface area contributed by atoms with Gasteiger partial charge in [-0.15, -0.1) is 0 Å². The molecule has 0 radical (unpaired) electrons. The van der Waals surface area contributed by atoms with Crippen LogP contribution in [0.3, 0.4) is 0 Å². The van der Waals surface area contributed by atoms with Crippen molar-refractivity contribution in [3.05, 3.63) is 89.2 Å². The van der Waals surface area contributed by atoms with Gasteiger partial charge in [-0.05, 0) is 53.2 Å². The monoisotopic (exact) mass is 430 g/mol. The summed E-state index contributed by atoms with van der Waals surface area (Å²) >= 11 is 0. The molecule has 3 aromatic rings. The van der Waals surface area contributed by atoms with Crippen LogP contribution in [0.2, 0.25) is 13.1 Å². The van der Waals surface area contributed by atoms with E-state index in [1.165, 1.54) is 22.5 Å². The average molecular weight is 431 g/mol. The van der Waals surface area contributed by atoms with E-state index >= 15 is 0 Å². The van der Waals surface area contributed by atoms with E-state index in [9.17, 15) is 9.18 Å². The van der Waals surface area contributed by atoms with Crippen LogP contribution in [0.5, 0.6) is 0 Å². The normalized spacial score (nSPS) is 14.1. The first kappa shape index (κ1) is 21.2. The quantitative estimate of drug-likeness (QED) is 0.464. The Labute approximate surface area is 184 Å². The van der Waals surface area contributed by atoms with Gasteiger partial charge in [0.1, 0.15) is 13.9 Å². The number of hydrogen-bond donors (Lipinski definition) is 1. The van der Waals surface area contributed by atoms with Gasteiger partial charge in [-0.25, -0.2) is 9.38 Å². The van der Waals surface area contributed by atoms with E-state index in [-0.39, 0.29) is 11.7 Å². The number of rotatable bonds is 5. The first-order valence-corrected chi connectivity index (χ1v) is 13.8. The molecule has 158 valence electrons. The molecule has 5 heteroatoms. The third-order valence-corrected chi connectivity index (χ3v) is 9.51. The number of carbonyl (C=O) groups excluding carboxylic acids is 1. The zero-order valence-electron chi connectivity index (χ0n) is 18.2. The SMILES string of the molecule is CCCCNC(=O)c1ccc2c(c1)N=C(c1ccc(F)cc1)c1ccccc1[Si]2(C)C. The number of nitrogens with zero attached hydrogens (tertiary/aromatic N) is 1. The lowest BCUT2D eigenvalue weighted by molar-refractivity contribution is 0.0953. The fourth-order valence-electron chi connectivity index (χ4n) is 4.16. The highest BCUT2D eigenvalue weighted by Gasteiger charge is 2.34. The smallest absolute Gasteiger partial charge is 0.251 e. The second-order valence-electron chi connectivity index (χ2n) is 8.48. The molecule has 0 bridgehead atoms. The number of unbranched alkanes of at least 4 members (excludes halogenated alkanes) is 1. The lowest BCUT2D eigenvalue weighted by Gasteiger charge is -2.25. The predicted octanol–water partition coefficient (Wildman–Crippen LogP) is 4.66. The molecule has 0 spiro atoms. The van der Waals surface area contributed by atoms with Crippen LogP contribution in [0, 0.1) is 5.82 Å². The van der Waals surface area contributed by atoms with E-state index < -0.39 is 8.07 Å². The van der Waals surface area contributed by atoms with Crippen molar-refractivity contribution < 1.29 is 9.18 Å². The van der Waals surface area contributed by atoms with Gasteiger partial charge in [0.15, 0.2) is 0 Å². The van der Waals surface area contributed by atoms with Crippen molar-refractivity contribution in [2.75, 3.05) is 6.54 Å². The van der Waals surface area contributed by atoms with Gasteiger partial charge < -0.3 is 5.32 Å². The summed E-state index contributed by atoms with van der Waals surface area (Å²) in [6.45, 7) is 7.40. The second-order valence-corrected chi connectivity index (χ2v) is 12.8. The van der Waals surface area contributed by atoms with Crippen LogP contribution < -0.4 is 15.7 Å². The average Bonchev–Trinajstić information content (AvgIpc) is 2.87. The highest BCUT2D eigenvalue weighted by Crippen LogP contribution is 2.26. The van der Waals surface area contributed by atoms with Crippen molar-refractivity contribution in [1.82, 2.24) is 5.32 Å². The first-order valence-electron chi connectivity index (χ1n) is 10.8. The number of carbonyl (C=O) groups is 1. The molecule has 1 aliphatic heterocycles. The molecule has 1 N–H and O–H groups in total. The van der Waals surface area contributed by atoms with E-state index in [4.69, 9.17) is 4.99 Å². The zero-order chi connectivity index (χ0) is 22.0. The summed E-state index contributed by atoms with van der Waals surface area (Å²) in [6, 6.07) is 20.7. The molecule has 1 aliphatic rings. The van der Waals surface area contributed by atoms with Gasteiger partial charge in [0.05, 0.1) is 11.4 Å². The van der Waals surface area contributed by atoms with Crippen LogP contribution in [0.15, 0.2) is 71.7 Å². The third kappa shape index (κ3) is 4.10. The number of amides is 1. The maximum Gasteiger partial charge on any atom is 0.251 e. The highest BCUT2D eigenvalue weighted by molar-refractivity contribution is 7.02. The highest BCUT2D eigenvalue weighted by atomic mass is 28.3. The molecule has 0 saturated carbocycles. The molecule has 0 aromatic heterocycles. The summed E-state index contributed by atoms with van der Waals surface area (Å²) in [4.78, 5) is 17.7. The molecule has 4 rings (SSSR count). The van der Waals surface area contributed by atoms with Crippen LogP contribution in [-0.4, -0.2) is 26.2 Å². The molecule has 0 atom stereocenters. The number of fused-ring (bicyclic) bond motifs is 2. The summed E-state index contributed by atoms with van der Waals surface area (Å²) in [5, 5.41) is 5.48. The topological polar surface area (TPSA) is 41.5 Å². The fraction of sp³-hybridized carbons (Fsp3) is 0.231. The van der Waals surface area contributed by atoms with Gasteiger partial charge in [-0.2, -0.15) is 0 Å². The predicted molar refractivity (Wildman–Crippen MR) is 129 cm³/mol. The minimum absolute atomic E-state index is 0.0731. The number of aliphatic imine (C=N–C) groups is 1. The summed E-state index contributed by atoms with van der Waals surface area (Å²) in [5.74, 6) is -0.344. The van der Waals surface area contributed by atoms with Crippen LogP contribution in [0.25, 0.3) is 0 Å². The first-order chi connectivity index (χ1) is 14.9. The van der Waals surface area contributed by atoms with Crippen LogP contribution in [0.1, 0.15) is 41.3 Å². The molecule has 0 aliphatic carbocycles. The van der Waals surface area contributed by atoms with E-state index in [0.717, 1.165) is 35.4 Å². The Morgan fingerprint density at radius 1 is 1.00 bits per heavy atom. The Balaban J connectivity index is 1.88. The van der Waals surface area contributed by atoms with Gasteiger partial charge in [0.2, 0.25) is 0 Å². The lowest BCUT2D eigenvalue weighted by atomic mass is 10.0.